The zero-order valence-corrected chi connectivity index (χ0v) is 12.9. The summed E-state index contributed by atoms with van der Waals surface area (Å²) in [6, 6.07) is 5.86. The van der Waals surface area contributed by atoms with E-state index in [0.29, 0.717) is 6.42 Å². The number of carbonyl (C=O) groups is 1. The number of aryl methyl sites for hydroxylation is 1. The fourth-order valence-corrected chi connectivity index (χ4v) is 2.94. The lowest BCUT2D eigenvalue weighted by Crippen LogP contribution is -2.25. The predicted molar refractivity (Wildman–Crippen MR) is 85.1 cm³/mol. The molecule has 0 atom stereocenters. The largest absolute Gasteiger partial charge is 0.454 e. The molecule has 1 amide bonds. The molecule has 118 valence electrons. The number of carbonyl (C=O) groups excluding carboxylic acids is 1. The first-order valence-electron chi connectivity index (χ1n) is 8.14. The summed E-state index contributed by atoms with van der Waals surface area (Å²) in [5.74, 6) is 1.69. The summed E-state index contributed by atoms with van der Waals surface area (Å²) in [7, 11) is 0. The van der Waals surface area contributed by atoms with Gasteiger partial charge in [0.1, 0.15) is 0 Å². The van der Waals surface area contributed by atoms with E-state index in [4.69, 9.17) is 9.47 Å². The van der Waals surface area contributed by atoms with Gasteiger partial charge in [0.2, 0.25) is 12.7 Å². The molecule has 0 fully saturated rings. The molecule has 0 spiro atoms. The van der Waals surface area contributed by atoms with Gasteiger partial charge >= 0.3 is 0 Å². The molecular weight excluding hydrogens is 278 g/mol. The molecule has 1 aromatic rings. The second kappa shape index (κ2) is 7.34. The van der Waals surface area contributed by atoms with Crippen molar-refractivity contribution in [1.29, 1.82) is 0 Å². The molecule has 1 heterocycles. The maximum absolute atomic E-state index is 11.9. The van der Waals surface area contributed by atoms with Crippen molar-refractivity contribution in [3.8, 4) is 11.5 Å². The van der Waals surface area contributed by atoms with Crippen LogP contribution in [0.1, 0.15) is 44.1 Å². The molecule has 4 heteroatoms. The van der Waals surface area contributed by atoms with Crippen molar-refractivity contribution in [1.82, 2.24) is 5.32 Å². The van der Waals surface area contributed by atoms with Crippen LogP contribution in [-0.2, 0) is 11.2 Å². The van der Waals surface area contributed by atoms with Crippen molar-refractivity contribution < 1.29 is 14.3 Å². The maximum Gasteiger partial charge on any atom is 0.231 e. The third-order valence-electron chi connectivity index (χ3n) is 4.23. The average Bonchev–Trinajstić information content (AvgIpc) is 3.01. The van der Waals surface area contributed by atoms with Crippen molar-refractivity contribution in [2.45, 2.75) is 44.9 Å². The van der Waals surface area contributed by atoms with Crippen LogP contribution in [-0.4, -0.2) is 19.2 Å². The van der Waals surface area contributed by atoms with Gasteiger partial charge in [-0.05, 0) is 56.2 Å². The van der Waals surface area contributed by atoms with E-state index in [2.05, 4.69) is 11.4 Å². The van der Waals surface area contributed by atoms with Gasteiger partial charge in [0, 0.05) is 13.0 Å². The first kappa shape index (κ1) is 14.9. The first-order chi connectivity index (χ1) is 10.8. The summed E-state index contributed by atoms with van der Waals surface area (Å²) in [5, 5.41) is 3.02. The number of amides is 1. The number of ether oxygens (including phenoxy) is 2. The third kappa shape index (κ3) is 4.03. The molecule has 0 bridgehead atoms. The number of allylic oxidation sites excluding steroid dienone is 1. The number of rotatable bonds is 6. The van der Waals surface area contributed by atoms with Crippen molar-refractivity contribution in [2.24, 2.45) is 0 Å². The molecule has 4 nitrogen and oxygen atoms in total. The fraction of sp³-hybridized carbons (Fsp3) is 0.500. The summed E-state index contributed by atoms with van der Waals surface area (Å²) < 4.78 is 10.6. The number of fused-ring (bicyclic) bond motifs is 1. The Bertz CT molecular complexity index is 565. The molecule has 0 radical (unpaired) electrons. The van der Waals surface area contributed by atoms with Gasteiger partial charge in [0.05, 0.1) is 0 Å². The molecule has 2 aliphatic rings. The van der Waals surface area contributed by atoms with Gasteiger partial charge < -0.3 is 14.8 Å². The van der Waals surface area contributed by atoms with Gasteiger partial charge in [-0.3, -0.25) is 4.79 Å². The van der Waals surface area contributed by atoms with E-state index in [1.807, 2.05) is 18.2 Å². The highest BCUT2D eigenvalue weighted by Crippen LogP contribution is 2.32. The van der Waals surface area contributed by atoms with Crippen molar-refractivity contribution >= 4 is 5.91 Å². The molecule has 3 rings (SSSR count). The van der Waals surface area contributed by atoms with Gasteiger partial charge in [-0.2, -0.15) is 0 Å². The highest BCUT2D eigenvalue weighted by Gasteiger charge is 2.13. The van der Waals surface area contributed by atoms with E-state index in [-0.39, 0.29) is 12.7 Å². The van der Waals surface area contributed by atoms with E-state index in [0.717, 1.165) is 36.4 Å². The number of hydrogen-bond donors (Lipinski definition) is 1. The van der Waals surface area contributed by atoms with Gasteiger partial charge in [-0.1, -0.05) is 17.7 Å². The Morgan fingerprint density at radius 2 is 2.05 bits per heavy atom. The third-order valence-corrected chi connectivity index (χ3v) is 4.23. The fourth-order valence-electron chi connectivity index (χ4n) is 2.94. The summed E-state index contributed by atoms with van der Waals surface area (Å²) in [6.45, 7) is 1.04. The van der Waals surface area contributed by atoms with Crippen LogP contribution in [0, 0.1) is 0 Å². The van der Waals surface area contributed by atoms with Crippen molar-refractivity contribution in [3.05, 3.63) is 35.4 Å². The van der Waals surface area contributed by atoms with Crippen molar-refractivity contribution in [2.75, 3.05) is 13.3 Å². The SMILES string of the molecule is O=C(CCc1ccc2c(c1)OCO2)NCCC1=CCCCC1. The molecular formula is C18H23NO3. The van der Waals surface area contributed by atoms with E-state index in [1.165, 1.54) is 31.3 Å². The minimum atomic E-state index is 0.120. The lowest BCUT2D eigenvalue weighted by Gasteiger charge is -2.13. The zero-order valence-electron chi connectivity index (χ0n) is 12.9. The number of nitrogens with one attached hydrogen (secondary N) is 1. The Labute approximate surface area is 131 Å². The topological polar surface area (TPSA) is 47.6 Å². The van der Waals surface area contributed by atoms with Gasteiger partial charge in [0.25, 0.3) is 0 Å². The Morgan fingerprint density at radius 3 is 2.91 bits per heavy atom. The minimum absolute atomic E-state index is 0.120. The minimum Gasteiger partial charge on any atom is -0.454 e. The van der Waals surface area contributed by atoms with Crippen LogP contribution in [0.2, 0.25) is 0 Å². The quantitative estimate of drug-likeness (QED) is 0.820. The smallest absolute Gasteiger partial charge is 0.231 e. The Morgan fingerprint density at radius 1 is 1.14 bits per heavy atom. The molecule has 1 aliphatic heterocycles. The van der Waals surface area contributed by atoms with Crippen LogP contribution in [0.5, 0.6) is 11.5 Å². The average molecular weight is 301 g/mol. The lowest BCUT2D eigenvalue weighted by molar-refractivity contribution is -0.121. The van der Waals surface area contributed by atoms with Crippen LogP contribution in [0.4, 0.5) is 0 Å². The van der Waals surface area contributed by atoms with Crippen molar-refractivity contribution in [3.63, 3.8) is 0 Å². The standard InChI is InChI=1S/C18H23NO3/c20-18(19-11-10-14-4-2-1-3-5-14)9-7-15-6-8-16-17(12-15)22-13-21-16/h4,6,8,12H,1-3,5,7,9-11,13H2,(H,19,20). The Hall–Kier alpha value is -1.97. The van der Waals surface area contributed by atoms with Crippen LogP contribution < -0.4 is 14.8 Å². The van der Waals surface area contributed by atoms with Gasteiger partial charge in [-0.15, -0.1) is 0 Å². The monoisotopic (exact) mass is 301 g/mol. The van der Waals surface area contributed by atoms with E-state index in [1.54, 1.807) is 0 Å². The highest BCUT2D eigenvalue weighted by molar-refractivity contribution is 5.76. The summed E-state index contributed by atoms with van der Waals surface area (Å²) in [4.78, 5) is 11.9. The predicted octanol–water partition coefficient (Wildman–Crippen LogP) is 3.35. The van der Waals surface area contributed by atoms with Crippen LogP contribution >= 0.6 is 0 Å². The Balaban J connectivity index is 1.38. The van der Waals surface area contributed by atoms with Crippen LogP contribution in [0.3, 0.4) is 0 Å². The van der Waals surface area contributed by atoms with E-state index in [9.17, 15) is 4.79 Å². The highest BCUT2D eigenvalue weighted by atomic mass is 16.7. The molecule has 1 aromatic carbocycles. The molecule has 0 saturated carbocycles. The maximum atomic E-state index is 11.9. The second-order valence-corrected chi connectivity index (χ2v) is 5.90. The summed E-state index contributed by atoms with van der Waals surface area (Å²) in [6.07, 6.45) is 9.58. The summed E-state index contributed by atoms with van der Waals surface area (Å²) in [5.41, 5.74) is 2.61. The molecule has 1 aliphatic carbocycles. The first-order valence-corrected chi connectivity index (χ1v) is 8.14. The molecule has 0 aromatic heterocycles. The van der Waals surface area contributed by atoms with E-state index >= 15 is 0 Å². The molecule has 0 unspecified atom stereocenters. The zero-order chi connectivity index (χ0) is 15.2. The second-order valence-electron chi connectivity index (χ2n) is 5.90. The van der Waals surface area contributed by atoms with E-state index < -0.39 is 0 Å². The van der Waals surface area contributed by atoms with Crippen LogP contribution in [0.15, 0.2) is 29.8 Å². The van der Waals surface area contributed by atoms with Gasteiger partial charge in [-0.25, -0.2) is 0 Å². The van der Waals surface area contributed by atoms with Crippen LogP contribution in [0.25, 0.3) is 0 Å². The normalized spacial score (nSPS) is 16.3. The Kier molecular flexibility index (Phi) is 4.99. The molecule has 22 heavy (non-hydrogen) atoms. The molecule has 1 N–H and O–H groups in total. The summed E-state index contributed by atoms with van der Waals surface area (Å²) >= 11 is 0. The molecule has 0 saturated heterocycles. The lowest BCUT2D eigenvalue weighted by atomic mass is 9.97. The number of benzene rings is 1. The van der Waals surface area contributed by atoms with Gasteiger partial charge in [0.15, 0.2) is 11.5 Å². The number of hydrogen-bond acceptors (Lipinski definition) is 3.